The van der Waals surface area contributed by atoms with E-state index in [0.29, 0.717) is 10.2 Å². The van der Waals surface area contributed by atoms with Crippen molar-refractivity contribution < 1.29 is 0 Å². The van der Waals surface area contributed by atoms with E-state index in [1.807, 2.05) is 31.2 Å². The number of nitrogens with zero attached hydrogens (tertiary/aromatic N) is 1. The second kappa shape index (κ2) is 6.44. The molecule has 1 N–H and O–H groups in total. The molecule has 0 aliphatic heterocycles. The lowest BCUT2D eigenvalue weighted by Crippen LogP contribution is -2.08. The molecule has 1 unspecified atom stereocenters. The third kappa shape index (κ3) is 3.85. The minimum absolute atomic E-state index is 0.0224. The lowest BCUT2D eigenvalue weighted by Gasteiger charge is -2.18. The van der Waals surface area contributed by atoms with Gasteiger partial charge in [0.1, 0.15) is 0 Å². The van der Waals surface area contributed by atoms with Crippen molar-refractivity contribution in [3.8, 4) is 0 Å². The van der Waals surface area contributed by atoms with Crippen LogP contribution in [0.5, 0.6) is 0 Å². The molecule has 0 amide bonds. The Kier molecular flexibility index (Phi) is 5.12. The highest BCUT2D eigenvalue weighted by atomic mass is 79.9. The third-order valence-electron chi connectivity index (χ3n) is 2.61. The van der Waals surface area contributed by atoms with Gasteiger partial charge in [-0.15, -0.1) is 0 Å². The smallest absolute Gasteiger partial charge is 0.152 e. The predicted octanol–water partition coefficient (Wildman–Crippen LogP) is 6.09. The van der Waals surface area contributed by atoms with E-state index in [4.69, 9.17) is 23.2 Å². The molecule has 1 aromatic heterocycles. The second-order valence-corrected chi connectivity index (χ2v) is 6.62. The van der Waals surface area contributed by atoms with Crippen LogP contribution in [0.15, 0.2) is 39.4 Å². The van der Waals surface area contributed by atoms with Crippen LogP contribution in [0.25, 0.3) is 0 Å². The Labute approximate surface area is 138 Å². The molecular formula is C13H10Br2Cl2N2. The van der Waals surface area contributed by atoms with Crippen molar-refractivity contribution in [3.63, 3.8) is 0 Å². The molecule has 2 nitrogen and oxygen atoms in total. The molecule has 0 saturated carbocycles. The van der Waals surface area contributed by atoms with Crippen LogP contribution in [0, 0.1) is 0 Å². The standard InChI is InChI=1S/C13H10Br2Cl2N2/c1-7(10-3-2-8(14)4-11(10)16)19-12-5-9(15)6-18-13(12)17/h2-7,19H,1H3. The van der Waals surface area contributed by atoms with Gasteiger partial charge in [0.2, 0.25) is 0 Å². The first-order valence-electron chi connectivity index (χ1n) is 5.50. The summed E-state index contributed by atoms with van der Waals surface area (Å²) in [5, 5.41) is 4.44. The normalized spacial score (nSPS) is 12.3. The van der Waals surface area contributed by atoms with Crippen LogP contribution in [0.3, 0.4) is 0 Å². The second-order valence-electron chi connectivity index (χ2n) is 4.02. The van der Waals surface area contributed by atoms with Crippen LogP contribution >= 0.6 is 55.1 Å². The van der Waals surface area contributed by atoms with Crippen LogP contribution in [0.2, 0.25) is 10.2 Å². The third-order valence-corrected chi connectivity index (χ3v) is 4.16. The zero-order valence-electron chi connectivity index (χ0n) is 9.92. The highest BCUT2D eigenvalue weighted by molar-refractivity contribution is 9.10. The van der Waals surface area contributed by atoms with Crippen molar-refractivity contribution in [1.82, 2.24) is 4.98 Å². The number of halogens is 4. The van der Waals surface area contributed by atoms with E-state index in [0.717, 1.165) is 20.2 Å². The molecule has 0 radical (unpaired) electrons. The highest BCUT2D eigenvalue weighted by Gasteiger charge is 2.12. The fourth-order valence-electron chi connectivity index (χ4n) is 1.69. The number of hydrogen-bond donors (Lipinski definition) is 1. The van der Waals surface area contributed by atoms with Crippen LogP contribution < -0.4 is 5.32 Å². The molecule has 0 aliphatic carbocycles. The summed E-state index contributed by atoms with van der Waals surface area (Å²) in [5.41, 5.74) is 1.77. The molecule has 0 bridgehead atoms. The van der Waals surface area contributed by atoms with Crippen LogP contribution in [-0.2, 0) is 0 Å². The molecule has 6 heteroatoms. The number of pyridine rings is 1. The number of anilines is 1. The largest absolute Gasteiger partial charge is 0.376 e. The Hall–Kier alpha value is -0.290. The summed E-state index contributed by atoms with van der Waals surface area (Å²) in [6.45, 7) is 2.02. The Morgan fingerprint density at radius 2 is 1.89 bits per heavy atom. The van der Waals surface area contributed by atoms with E-state index in [9.17, 15) is 0 Å². The number of hydrogen-bond acceptors (Lipinski definition) is 2. The molecular weight excluding hydrogens is 415 g/mol. The maximum atomic E-state index is 6.23. The fraction of sp³-hybridized carbons (Fsp3) is 0.154. The average molecular weight is 425 g/mol. The van der Waals surface area contributed by atoms with E-state index >= 15 is 0 Å². The lowest BCUT2D eigenvalue weighted by molar-refractivity contribution is 0.882. The summed E-state index contributed by atoms with van der Waals surface area (Å²) in [4.78, 5) is 4.08. The number of nitrogens with one attached hydrogen (secondary N) is 1. The molecule has 1 aromatic carbocycles. The van der Waals surface area contributed by atoms with Crippen LogP contribution in [-0.4, -0.2) is 4.98 Å². The van der Waals surface area contributed by atoms with Gasteiger partial charge in [0.15, 0.2) is 5.15 Å². The minimum atomic E-state index is 0.0224. The van der Waals surface area contributed by atoms with Gasteiger partial charge >= 0.3 is 0 Å². The summed E-state index contributed by atoms with van der Waals surface area (Å²) in [5.74, 6) is 0. The summed E-state index contributed by atoms with van der Waals surface area (Å²) in [6.07, 6.45) is 1.66. The van der Waals surface area contributed by atoms with Gasteiger partial charge in [-0.2, -0.15) is 0 Å². The molecule has 1 heterocycles. The van der Waals surface area contributed by atoms with E-state index in [1.165, 1.54) is 0 Å². The van der Waals surface area contributed by atoms with E-state index in [1.54, 1.807) is 6.20 Å². The number of rotatable bonds is 3. The van der Waals surface area contributed by atoms with Gasteiger partial charge in [-0.1, -0.05) is 45.2 Å². The van der Waals surface area contributed by atoms with E-state index in [-0.39, 0.29) is 6.04 Å². The molecule has 2 rings (SSSR count). The Balaban J connectivity index is 2.25. The van der Waals surface area contributed by atoms with Crippen molar-refractivity contribution >= 4 is 60.7 Å². The Bertz CT molecular complexity index is 605. The minimum Gasteiger partial charge on any atom is -0.376 e. The number of aromatic nitrogens is 1. The van der Waals surface area contributed by atoms with Crippen LogP contribution in [0.1, 0.15) is 18.5 Å². The topological polar surface area (TPSA) is 24.9 Å². The lowest BCUT2D eigenvalue weighted by atomic mass is 10.1. The maximum Gasteiger partial charge on any atom is 0.152 e. The van der Waals surface area contributed by atoms with Gasteiger partial charge in [-0.05, 0) is 46.6 Å². The van der Waals surface area contributed by atoms with Gasteiger partial charge in [0.05, 0.1) is 11.7 Å². The van der Waals surface area contributed by atoms with E-state index < -0.39 is 0 Å². The fourth-order valence-corrected chi connectivity index (χ4v) is 3.01. The quantitative estimate of drug-likeness (QED) is 0.603. The van der Waals surface area contributed by atoms with E-state index in [2.05, 4.69) is 42.2 Å². The van der Waals surface area contributed by atoms with Crippen LogP contribution in [0.4, 0.5) is 5.69 Å². The molecule has 0 saturated heterocycles. The maximum absolute atomic E-state index is 6.23. The van der Waals surface area contributed by atoms with Crippen molar-refractivity contribution in [1.29, 1.82) is 0 Å². The summed E-state index contributed by atoms with van der Waals surface area (Å²) in [7, 11) is 0. The summed E-state index contributed by atoms with van der Waals surface area (Å²) < 4.78 is 1.82. The Morgan fingerprint density at radius 3 is 2.58 bits per heavy atom. The average Bonchev–Trinajstić information content (AvgIpc) is 2.33. The first-order valence-corrected chi connectivity index (χ1v) is 7.84. The monoisotopic (exact) mass is 422 g/mol. The SMILES string of the molecule is CC(Nc1cc(Br)cnc1Cl)c1ccc(Br)cc1Cl. The summed E-state index contributed by atoms with van der Waals surface area (Å²) >= 11 is 19.1. The first-order chi connectivity index (χ1) is 8.97. The van der Waals surface area contributed by atoms with Gasteiger partial charge in [-0.3, -0.25) is 0 Å². The summed E-state index contributed by atoms with van der Waals surface area (Å²) in [6, 6.07) is 7.71. The van der Waals surface area contributed by atoms with Crippen molar-refractivity contribution in [2.75, 3.05) is 5.32 Å². The molecule has 0 aliphatic rings. The highest BCUT2D eigenvalue weighted by Crippen LogP contribution is 2.31. The molecule has 0 spiro atoms. The van der Waals surface area contributed by atoms with Gasteiger partial charge in [-0.25, -0.2) is 4.98 Å². The number of benzene rings is 1. The first kappa shape index (κ1) is 15.1. The van der Waals surface area contributed by atoms with Gasteiger partial charge < -0.3 is 5.32 Å². The van der Waals surface area contributed by atoms with Crippen molar-refractivity contribution in [2.24, 2.45) is 0 Å². The van der Waals surface area contributed by atoms with Gasteiger partial charge in [0, 0.05) is 20.2 Å². The van der Waals surface area contributed by atoms with Crippen molar-refractivity contribution in [3.05, 3.63) is 55.1 Å². The predicted molar refractivity (Wildman–Crippen MR) is 88.1 cm³/mol. The molecule has 2 aromatic rings. The van der Waals surface area contributed by atoms with Gasteiger partial charge in [0.25, 0.3) is 0 Å². The Morgan fingerprint density at radius 1 is 1.16 bits per heavy atom. The molecule has 100 valence electrons. The molecule has 19 heavy (non-hydrogen) atoms. The van der Waals surface area contributed by atoms with Crippen molar-refractivity contribution in [2.45, 2.75) is 13.0 Å². The molecule has 1 atom stereocenters. The zero-order valence-corrected chi connectivity index (χ0v) is 14.6. The molecule has 0 fully saturated rings. The zero-order chi connectivity index (χ0) is 14.0.